The van der Waals surface area contributed by atoms with Crippen molar-refractivity contribution in [2.45, 2.75) is 18.1 Å². The molecule has 3 heterocycles. The molecule has 2 aromatic heterocycles. The number of aromatic nitrogens is 3. The zero-order valence-electron chi connectivity index (χ0n) is 11.2. The molecule has 106 valence electrons. The Morgan fingerprint density at radius 1 is 1.45 bits per heavy atom. The Morgan fingerprint density at radius 3 is 2.90 bits per heavy atom. The number of pyridine rings is 1. The van der Waals surface area contributed by atoms with Crippen molar-refractivity contribution in [2.24, 2.45) is 5.92 Å². The van der Waals surface area contributed by atoms with Crippen molar-refractivity contribution in [3.8, 4) is 0 Å². The van der Waals surface area contributed by atoms with Gasteiger partial charge in [-0.15, -0.1) is 0 Å². The molecule has 6 nitrogen and oxygen atoms in total. The van der Waals surface area contributed by atoms with Gasteiger partial charge in [0, 0.05) is 30.4 Å². The molecule has 0 saturated carbocycles. The molecule has 7 heteroatoms. The van der Waals surface area contributed by atoms with Crippen molar-refractivity contribution in [1.82, 2.24) is 19.9 Å². The summed E-state index contributed by atoms with van der Waals surface area (Å²) >= 11 is 0. The van der Waals surface area contributed by atoms with Gasteiger partial charge in [0.2, 0.25) is 5.16 Å². The summed E-state index contributed by atoms with van der Waals surface area (Å²) in [6.07, 6.45) is 4.10. The van der Waals surface area contributed by atoms with Crippen LogP contribution in [0.25, 0.3) is 11.0 Å². The van der Waals surface area contributed by atoms with Gasteiger partial charge in [-0.3, -0.25) is 13.6 Å². The third kappa shape index (κ3) is 2.51. The van der Waals surface area contributed by atoms with Crippen molar-refractivity contribution in [3.05, 3.63) is 28.7 Å². The average molecular weight is 292 g/mol. The fourth-order valence-electron chi connectivity index (χ4n) is 2.27. The van der Waals surface area contributed by atoms with E-state index in [2.05, 4.69) is 15.3 Å². The van der Waals surface area contributed by atoms with Crippen molar-refractivity contribution in [1.29, 1.82) is 0 Å². The first-order chi connectivity index (χ1) is 9.65. The normalized spacial score (nSPS) is 17.1. The van der Waals surface area contributed by atoms with E-state index in [-0.39, 0.29) is 10.7 Å². The maximum absolute atomic E-state index is 12.0. The summed E-state index contributed by atoms with van der Waals surface area (Å²) in [5.41, 5.74) is 0.501. The summed E-state index contributed by atoms with van der Waals surface area (Å²) in [7, 11) is -1.25. The standard InChI is InChI=1S/C13H16N4O2S/c1-20(19)13-15-8-10-2-3-11(18)17(12(10)16-13)5-4-9-6-14-7-9/h2-3,8-9,14H,4-7H2,1H3. The molecule has 1 aliphatic heterocycles. The minimum Gasteiger partial charge on any atom is -0.316 e. The van der Waals surface area contributed by atoms with Gasteiger partial charge < -0.3 is 5.32 Å². The first-order valence-corrected chi connectivity index (χ1v) is 8.11. The van der Waals surface area contributed by atoms with E-state index in [1.54, 1.807) is 16.8 Å². The molecule has 0 radical (unpaired) electrons. The van der Waals surface area contributed by atoms with Crippen LogP contribution in [-0.4, -0.2) is 38.1 Å². The van der Waals surface area contributed by atoms with Crippen molar-refractivity contribution in [3.63, 3.8) is 0 Å². The highest BCUT2D eigenvalue weighted by Crippen LogP contribution is 2.13. The Bertz CT molecular complexity index is 724. The summed E-state index contributed by atoms with van der Waals surface area (Å²) in [6, 6.07) is 3.24. The third-order valence-electron chi connectivity index (χ3n) is 3.59. The summed E-state index contributed by atoms with van der Waals surface area (Å²) in [4.78, 5) is 20.4. The van der Waals surface area contributed by atoms with Crippen LogP contribution in [0, 0.1) is 5.92 Å². The van der Waals surface area contributed by atoms with Gasteiger partial charge >= 0.3 is 0 Å². The number of fused-ring (bicyclic) bond motifs is 1. The Morgan fingerprint density at radius 2 is 2.25 bits per heavy atom. The van der Waals surface area contributed by atoms with Crippen LogP contribution in [0.1, 0.15) is 6.42 Å². The molecule has 0 spiro atoms. The van der Waals surface area contributed by atoms with E-state index in [4.69, 9.17) is 0 Å². The number of hydrogen-bond donors (Lipinski definition) is 1. The molecular formula is C13H16N4O2S. The molecule has 20 heavy (non-hydrogen) atoms. The van der Waals surface area contributed by atoms with Gasteiger partial charge in [0.05, 0.1) is 10.8 Å². The van der Waals surface area contributed by atoms with Crippen LogP contribution < -0.4 is 10.9 Å². The van der Waals surface area contributed by atoms with Gasteiger partial charge in [0.1, 0.15) is 5.65 Å². The zero-order valence-corrected chi connectivity index (χ0v) is 12.0. The fraction of sp³-hybridized carbons (Fsp3) is 0.462. The second-order valence-electron chi connectivity index (χ2n) is 5.02. The molecule has 0 amide bonds. The summed E-state index contributed by atoms with van der Waals surface area (Å²) in [5, 5.41) is 4.28. The summed E-state index contributed by atoms with van der Waals surface area (Å²) in [5.74, 6) is 0.624. The molecule has 0 aliphatic carbocycles. The van der Waals surface area contributed by atoms with Gasteiger partial charge in [-0.25, -0.2) is 9.97 Å². The SMILES string of the molecule is CS(=O)c1ncc2ccc(=O)n(CCC3CNC3)c2n1. The third-order valence-corrected chi connectivity index (χ3v) is 4.30. The van der Waals surface area contributed by atoms with Gasteiger partial charge in [0.25, 0.3) is 5.56 Å². The first kappa shape index (κ1) is 13.4. The number of rotatable bonds is 4. The van der Waals surface area contributed by atoms with Crippen molar-refractivity contribution < 1.29 is 4.21 Å². The van der Waals surface area contributed by atoms with Crippen molar-refractivity contribution in [2.75, 3.05) is 19.3 Å². The molecule has 0 aromatic carbocycles. The Balaban J connectivity index is 2.02. The van der Waals surface area contributed by atoms with E-state index < -0.39 is 10.8 Å². The minimum atomic E-state index is -1.25. The number of aryl methyl sites for hydroxylation is 1. The van der Waals surface area contributed by atoms with Crippen LogP contribution in [0.15, 0.2) is 28.3 Å². The lowest BCUT2D eigenvalue weighted by molar-refractivity contribution is 0.312. The zero-order chi connectivity index (χ0) is 14.1. The maximum atomic E-state index is 12.0. The maximum Gasteiger partial charge on any atom is 0.252 e. The second-order valence-corrected chi connectivity index (χ2v) is 6.30. The van der Waals surface area contributed by atoms with E-state index in [1.165, 1.54) is 12.3 Å². The molecular weight excluding hydrogens is 276 g/mol. The highest BCUT2D eigenvalue weighted by molar-refractivity contribution is 7.84. The summed E-state index contributed by atoms with van der Waals surface area (Å²) in [6.45, 7) is 2.66. The molecule has 1 N–H and O–H groups in total. The Kier molecular flexibility index (Phi) is 3.62. The molecule has 1 unspecified atom stereocenters. The van der Waals surface area contributed by atoms with Crippen LogP contribution in [0.2, 0.25) is 0 Å². The predicted octanol–water partition coefficient (Wildman–Crippen LogP) is 0.138. The lowest BCUT2D eigenvalue weighted by Gasteiger charge is -2.27. The van der Waals surface area contributed by atoms with Crippen LogP contribution in [0.5, 0.6) is 0 Å². The number of hydrogen-bond acceptors (Lipinski definition) is 5. The van der Waals surface area contributed by atoms with E-state index in [0.29, 0.717) is 18.1 Å². The lowest BCUT2D eigenvalue weighted by Crippen LogP contribution is -2.42. The van der Waals surface area contributed by atoms with Crippen LogP contribution >= 0.6 is 0 Å². The molecule has 1 fully saturated rings. The molecule has 1 atom stereocenters. The van der Waals surface area contributed by atoms with E-state index in [1.807, 2.05) is 0 Å². The van der Waals surface area contributed by atoms with Crippen LogP contribution in [-0.2, 0) is 17.3 Å². The van der Waals surface area contributed by atoms with Gasteiger partial charge in [-0.2, -0.15) is 0 Å². The van der Waals surface area contributed by atoms with Gasteiger partial charge in [-0.05, 0) is 31.5 Å². The van der Waals surface area contributed by atoms with E-state index >= 15 is 0 Å². The van der Waals surface area contributed by atoms with Crippen molar-refractivity contribution >= 4 is 21.8 Å². The molecule has 1 aliphatic rings. The van der Waals surface area contributed by atoms with Crippen LogP contribution in [0.3, 0.4) is 0 Å². The molecule has 0 bridgehead atoms. The van der Waals surface area contributed by atoms with E-state index in [9.17, 15) is 9.00 Å². The Hall–Kier alpha value is -1.60. The smallest absolute Gasteiger partial charge is 0.252 e. The fourth-order valence-corrected chi connectivity index (χ4v) is 2.69. The molecule has 2 aromatic rings. The highest BCUT2D eigenvalue weighted by atomic mass is 32.2. The Labute approximate surface area is 118 Å². The van der Waals surface area contributed by atoms with Gasteiger partial charge in [-0.1, -0.05) is 0 Å². The average Bonchev–Trinajstić information content (AvgIpc) is 2.38. The summed E-state index contributed by atoms with van der Waals surface area (Å²) < 4.78 is 13.2. The second kappa shape index (κ2) is 5.41. The number of nitrogens with one attached hydrogen (secondary N) is 1. The lowest BCUT2D eigenvalue weighted by atomic mass is 9.99. The minimum absolute atomic E-state index is 0.0729. The van der Waals surface area contributed by atoms with Crippen LogP contribution in [0.4, 0.5) is 0 Å². The molecule has 1 saturated heterocycles. The largest absolute Gasteiger partial charge is 0.316 e. The monoisotopic (exact) mass is 292 g/mol. The topological polar surface area (TPSA) is 76.9 Å². The van der Waals surface area contributed by atoms with Gasteiger partial charge in [0.15, 0.2) is 0 Å². The highest BCUT2D eigenvalue weighted by Gasteiger charge is 2.17. The van der Waals surface area contributed by atoms with E-state index in [0.717, 1.165) is 24.9 Å². The quantitative estimate of drug-likeness (QED) is 0.811. The number of nitrogens with zero attached hydrogens (tertiary/aromatic N) is 3. The molecule has 3 rings (SSSR count). The predicted molar refractivity (Wildman–Crippen MR) is 77.1 cm³/mol. The first-order valence-electron chi connectivity index (χ1n) is 6.56.